The van der Waals surface area contributed by atoms with E-state index in [4.69, 9.17) is 15.1 Å². The van der Waals surface area contributed by atoms with Gasteiger partial charge < -0.3 is 9.84 Å². The Bertz CT molecular complexity index is 362. The molecule has 0 amide bonds. The Morgan fingerprint density at radius 3 is 2.94 bits per heavy atom. The first-order valence-corrected chi connectivity index (χ1v) is 6.17. The number of ether oxygens (including phenoxy) is 1. The minimum absolute atomic E-state index is 0.180. The van der Waals surface area contributed by atoms with E-state index in [1.165, 1.54) is 0 Å². The summed E-state index contributed by atoms with van der Waals surface area (Å²) in [5.74, 6) is 1.43. The molecular weight excluding hydrogens is 222 g/mol. The van der Waals surface area contributed by atoms with E-state index in [1.54, 1.807) is 23.9 Å². The lowest BCUT2D eigenvalue weighted by atomic mass is 10.2. The van der Waals surface area contributed by atoms with Gasteiger partial charge >= 0.3 is 0 Å². The summed E-state index contributed by atoms with van der Waals surface area (Å²) >= 11 is 1.65. The van der Waals surface area contributed by atoms with Gasteiger partial charge in [0.05, 0.1) is 18.8 Å². The molecule has 0 heterocycles. The van der Waals surface area contributed by atoms with Crippen LogP contribution in [-0.2, 0) is 0 Å². The van der Waals surface area contributed by atoms with Gasteiger partial charge in [0.25, 0.3) is 0 Å². The molecule has 0 aliphatic heterocycles. The van der Waals surface area contributed by atoms with Gasteiger partial charge in [-0.25, -0.2) is 0 Å². The molecule has 16 heavy (non-hydrogen) atoms. The highest BCUT2D eigenvalue weighted by molar-refractivity contribution is 7.99. The fraction of sp³-hybridized carbons (Fsp3) is 0.417. The van der Waals surface area contributed by atoms with Crippen molar-refractivity contribution in [2.45, 2.75) is 12.2 Å². The molecule has 4 heteroatoms. The summed E-state index contributed by atoms with van der Waals surface area (Å²) in [7, 11) is 0. The summed E-state index contributed by atoms with van der Waals surface area (Å²) in [5, 5.41) is 17.9. The number of para-hydroxylation sites is 1. The van der Waals surface area contributed by atoms with Crippen molar-refractivity contribution in [2.24, 2.45) is 0 Å². The second-order valence-corrected chi connectivity index (χ2v) is 4.87. The van der Waals surface area contributed by atoms with Crippen molar-refractivity contribution in [2.75, 3.05) is 19.0 Å². The van der Waals surface area contributed by atoms with Crippen LogP contribution in [0, 0.1) is 11.3 Å². The summed E-state index contributed by atoms with van der Waals surface area (Å²) in [6.07, 6.45) is 0. The number of rotatable bonds is 6. The van der Waals surface area contributed by atoms with E-state index in [-0.39, 0.29) is 11.9 Å². The summed E-state index contributed by atoms with van der Waals surface area (Å²) < 4.78 is 5.50. The molecule has 0 spiro atoms. The number of benzene rings is 1. The first-order chi connectivity index (χ1) is 7.77. The number of hydrogen-bond donors (Lipinski definition) is 1. The highest BCUT2D eigenvalue weighted by Crippen LogP contribution is 2.17. The Kier molecular flexibility index (Phi) is 5.76. The van der Waals surface area contributed by atoms with E-state index in [0.717, 1.165) is 5.75 Å². The third kappa shape index (κ3) is 4.13. The van der Waals surface area contributed by atoms with Crippen molar-refractivity contribution in [3.63, 3.8) is 0 Å². The van der Waals surface area contributed by atoms with Crippen molar-refractivity contribution in [3.05, 3.63) is 29.8 Å². The highest BCUT2D eigenvalue weighted by atomic mass is 32.2. The predicted molar refractivity (Wildman–Crippen MR) is 65.7 cm³/mol. The molecule has 86 valence electrons. The zero-order chi connectivity index (χ0) is 11.8. The van der Waals surface area contributed by atoms with Gasteiger partial charge in [-0.2, -0.15) is 17.0 Å². The van der Waals surface area contributed by atoms with E-state index < -0.39 is 0 Å². The van der Waals surface area contributed by atoms with Gasteiger partial charge in [0, 0.05) is 11.0 Å². The van der Waals surface area contributed by atoms with Gasteiger partial charge in [0.1, 0.15) is 11.8 Å². The van der Waals surface area contributed by atoms with Crippen molar-refractivity contribution in [1.82, 2.24) is 0 Å². The van der Waals surface area contributed by atoms with E-state index in [2.05, 4.69) is 6.07 Å². The predicted octanol–water partition coefficient (Wildman–Crippen LogP) is 2.05. The lowest BCUT2D eigenvalue weighted by Gasteiger charge is -2.09. The number of nitrogens with zero attached hydrogens (tertiary/aromatic N) is 1. The van der Waals surface area contributed by atoms with Gasteiger partial charge in [-0.1, -0.05) is 19.1 Å². The average Bonchev–Trinajstić information content (AvgIpc) is 2.34. The van der Waals surface area contributed by atoms with Crippen LogP contribution in [-0.4, -0.2) is 29.3 Å². The third-order valence-corrected chi connectivity index (χ3v) is 3.13. The Hall–Kier alpha value is -1.18. The van der Waals surface area contributed by atoms with Crippen molar-refractivity contribution >= 4 is 11.8 Å². The topological polar surface area (TPSA) is 53.2 Å². The van der Waals surface area contributed by atoms with Crippen molar-refractivity contribution in [3.8, 4) is 11.8 Å². The molecule has 0 fully saturated rings. The van der Waals surface area contributed by atoms with Crippen LogP contribution in [0.15, 0.2) is 24.3 Å². The fourth-order valence-electron chi connectivity index (χ4n) is 1.14. The molecule has 0 aromatic heterocycles. The van der Waals surface area contributed by atoms with E-state index in [1.807, 2.05) is 19.1 Å². The third-order valence-electron chi connectivity index (χ3n) is 2.01. The van der Waals surface area contributed by atoms with Crippen LogP contribution in [0.4, 0.5) is 0 Å². The lowest BCUT2D eigenvalue weighted by Crippen LogP contribution is -2.08. The maximum absolute atomic E-state index is 8.83. The molecule has 0 saturated heterocycles. The zero-order valence-corrected chi connectivity index (χ0v) is 10.0. The molecule has 1 atom stereocenters. The van der Waals surface area contributed by atoms with Gasteiger partial charge in [-0.05, 0) is 12.1 Å². The Balaban J connectivity index is 2.35. The molecule has 0 bridgehead atoms. The van der Waals surface area contributed by atoms with Gasteiger partial charge in [-0.3, -0.25) is 0 Å². The molecule has 0 saturated carbocycles. The largest absolute Gasteiger partial charge is 0.491 e. The lowest BCUT2D eigenvalue weighted by molar-refractivity contribution is 0.299. The van der Waals surface area contributed by atoms with E-state index in [9.17, 15) is 0 Å². The fourth-order valence-corrected chi connectivity index (χ4v) is 1.83. The minimum atomic E-state index is 0.180. The van der Waals surface area contributed by atoms with Crippen molar-refractivity contribution < 1.29 is 9.84 Å². The summed E-state index contributed by atoms with van der Waals surface area (Å²) in [4.78, 5) is 0. The second-order valence-electron chi connectivity index (χ2n) is 3.32. The monoisotopic (exact) mass is 237 g/mol. The van der Waals surface area contributed by atoms with Crippen LogP contribution in [0.25, 0.3) is 0 Å². The SMILES string of the molecule is CC(CO)SCCOc1ccccc1C#N. The quantitative estimate of drug-likeness (QED) is 0.769. The van der Waals surface area contributed by atoms with Crippen LogP contribution in [0.1, 0.15) is 12.5 Å². The molecular formula is C12H15NO2S. The highest BCUT2D eigenvalue weighted by Gasteiger charge is 2.03. The molecule has 1 aromatic rings. The average molecular weight is 237 g/mol. The zero-order valence-electron chi connectivity index (χ0n) is 9.22. The Morgan fingerprint density at radius 2 is 2.25 bits per heavy atom. The molecule has 0 radical (unpaired) electrons. The molecule has 0 aliphatic rings. The number of hydrogen-bond acceptors (Lipinski definition) is 4. The number of thioether (sulfide) groups is 1. The van der Waals surface area contributed by atoms with Crippen LogP contribution >= 0.6 is 11.8 Å². The Morgan fingerprint density at radius 1 is 1.50 bits per heavy atom. The standard InChI is InChI=1S/C12H15NO2S/c1-10(9-14)16-7-6-15-12-5-3-2-4-11(12)8-13/h2-5,10,14H,6-7,9H2,1H3. The van der Waals surface area contributed by atoms with Crippen LogP contribution in [0.3, 0.4) is 0 Å². The number of nitriles is 1. The van der Waals surface area contributed by atoms with E-state index in [0.29, 0.717) is 17.9 Å². The smallest absolute Gasteiger partial charge is 0.137 e. The second kappa shape index (κ2) is 7.15. The van der Waals surface area contributed by atoms with Crippen LogP contribution in [0.2, 0.25) is 0 Å². The van der Waals surface area contributed by atoms with Crippen molar-refractivity contribution in [1.29, 1.82) is 5.26 Å². The van der Waals surface area contributed by atoms with Gasteiger partial charge in [-0.15, -0.1) is 0 Å². The summed E-state index contributed by atoms with van der Waals surface area (Å²) in [5.41, 5.74) is 0.558. The Labute approximate surface area is 100 Å². The maximum atomic E-state index is 8.83. The molecule has 1 rings (SSSR count). The van der Waals surface area contributed by atoms with Crippen LogP contribution in [0.5, 0.6) is 5.75 Å². The molecule has 0 aliphatic carbocycles. The molecule has 1 unspecified atom stereocenters. The van der Waals surface area contributed by atoms with Gasteiger partial charge in [0.2, 0.25) is 0 Å². The van der Waals surface area contributed by atoms with Gasteiger partial charge in [0.15, 0.2) is 0 Å². The number of aliphatic hydroxyl groups is 1. The minimum Gasteiger partial charge on any atom is -0.491 e. The first kappa shape index (κ1) is 12.9. The van der Waals surface area contributed by atoms with Crippen LogP contribution < -0.4 is 4.74 Å². The summed E-state index contributed by atoms with van der Waals surface area (Å²) in [6, 6.07) is 9.27. The normalized spacial score (nSPS) is 11.8. The molecule has 1 aromatic carbocycles. The first-order valence-electron chi connectivity index (χ1n) is 5.12. The molecule has 1 N–H and O–H groups in total. The van der Waals surface area contributed by atoms with E-state index >= 15 is 0 Å². The summed E-state index contributed by atoms with van der Waals surface area (Å²) in [6.45, 7) is 2.70. The maximum Gasteiger partial charge on any atom is 0.137 e. The number of aliphatic hydroxyl groups excluding tert-OH is 1. The molecule has 3 nitrogen and oxygen atoms in total.